The third-order valence-corrected chi connectivity index (χ3v) is 4.65. The van der Waals surface area contributed by atoms with Gasteiger partial charge in [-0.3, -0.25) is 9.59 Å². The largest absolute Gasteiger partial charge is 0.469 e. The Morgan fingerprint density at radius 3 is 2.39 bits per heavy atom. The van der Waals surface area contributed by atoms with Gasteiger partial charge in [-0.1, -0.05) is 57.6 Å². The quantitative estimate of drug-likeness (QED) is 0.348. The van der Waals surface area contributed by atoms with Crippen molar-refractivity contribution in [3.8, 4) is 6.07 Å². The van der Waals surface area contributed by atoms with Gasteiger partial charge < -0.3 is 15.2 Å². The number of primary amides is 1. The molecule has 0 saturated carbocycles. The fourth-order valence-corrected chi connectivity index (χ4v) is 3.11. The van der Waals surface area contributed by atoms with Crippen LogP contribution in [0.5, 0.6) is 0 Å². The zero-order chi connectivity index (χ0) is 25.5. The third-order valence-electron chi connectivity index (χ3n) is 4.65. The lowest BCUT2D eigenvalue weighted by atomic mass is 9.94. The molecule has 0 aromatic carbocycles. The van der Waals surface area contributed by atoms with E-state index in [-0.39, 0.29) is 30.5 Å². The average Bonchev–Trinajstić information content (AvgIpc) is 3.07. The van der Waals surface area contributed by atoms with E-state index in [9.17, 15) is 9.59 Å². The smallest absolute Gasteiger partial charge is 0.302 e. The van der Waals surface area contributed by atoms with Crippen molar-refractivity contribution < 1.29 is 19.1 Å². The normalized spacial score (nSPS) is 16.9. The van der Waals surface area contributed by atoms with Crippen LogP contribution in [0.1, 0.15) is 86.0 Å². The molecule has 0 spiro atoms. The van der Waals surface area contributed by atoms with E-state index in [0.717, 1.165) is 19.3 Å². The Hall–Kier alpha value is -2.65. The summed E-state index contributed by atoms with van der Waals surface area (Å²) in [6.07, 6.45) is 19.1. The maximum atomic E-state index is 11.3. The van der Waals surface area contributed by atoms with Gasteiger partial charge in [-0.05, 0) is 57.1 Å². The molecule has 1 amide bonds. The van der Waals surface area contributed by atoms with Crippen LogP contribution in [0.4, 0.5) is 0 Å². The number of carbonyl (C=O) groups excluding carboxylic acids is 2. The SMILES string of the molecule is CC.CC.COC(C)=O.N#CC1=CC=CC(OC(CCCC2=CCCCC2)CC(N)=O)C=C1. The number of methoxy groups -OCH3 is 1. The van der Waals surface area contributed by atoms with E-state index in [0.29, 0.717) is 5.57 Å². The van der Waals surface area contributed by atoms with E-state index in [1.54, 1.807) is 12.2 Å². The first-order chi connectivity index (χ1) is 15.9. The zero-order valence-corrected chi connectivity index (χ0v) is 21.4. The summed E-state index contributed by atoms with van der Waals surface area (Å²) in [6, 6.07) is 2.11. The summed E-state index contributed by atoms with van der Waals surface area (Å²) in [7, 11) is 1.35. The minimum absolute atomic E-state index is 0.186. The van der Waals surface area contributed by atoms with Crippen molar-refractivity contribution in [1.82, 2.24) is 0 Å². The summed E-state index contributed by atoms with van der Waals surface area (Å²) in [5.74, 6) is -0.584. The van der Waals surface area contributed by atoms with Gasteiger partial charge in [-0.25, -0.2) is 0 Å². The van der Waals surface area contributed by atoms with Gasteiger partial charge in [0.25, 0.3) is 0 Å². The number of carbonyl (C=O) groups is 2. The average molecular weight is 461 g/mol. The Morgan fingerprint density at radius 2 is 1.88 bits per heavy atom. The fourth-order valence-electron chi connectivity index (χ4n) is 3.11. The third kappa shape index (κ3) is 18.6. The molecule has 2 unspecified atom stereocenters. The standard InChI is InChI=1S/C20H26N2O2.C3H6O2.2C2H6/c21-15-17-9-5-10-18(13-12-17)24-19(14-20(22)23)11-4-8-16-6-2-1-3-7-16;1-3(4)5-2;2*1-2/h5-6,9-10,12-13,18-19H,1-4,7-8,11,14H2,(H2,22,23);1-2H3;2*1-2H3. The van der Waals surface area contributed by atoms with E-state index in [1.807, 2.05) is 45.9 Å². The van der Waals surface area contributed by atoms with Gasteiger partial charge in [0.1, 0.15) is 0 Å². The van der Waals surface area contributed by atoms with Gasteiger partial charge in [0, 0.05) is 6.92 Å². The molecule has 2 aliphatic rings. The van der Waals surface area contributed by atoms with E-state index < -0.39 is 0 Å². The number of amides is 1. The number of allylic oxidation sites excluding steroid dienone is 6. The second-order valence-electron chi connectivity index (χ2n) is 7.07. The molecule has 6 nitrogen and oxygen atoms in total. The topological polar surface area (TPSA) is 102 Å². The van der Waals surface area contributed by atoms with Crippen LogP contribution in [0.3, 0.4) is 0 Å². The number of nitrogens with two attached hydrogens (primary N) is 1. The Bertz CT molecular complexity index is 699. The van der Waals surface area contributed by atoms with Crippen molar-refractivity contribution in [2.45, 2.75) is 98.2 Å². The lowest BCUT2D eigenvalue weighted by Crippen LogP contribution is -2.26. The van der Waals surface area contributed by atoms with Crippen LogP contribution in [0.2, 0.25) is 0 Å². The highest BCUT2D eigenvalue weighted by Crippen LogP contribution is 2.23. The summed E-state index contributed by atoms with van der Waals surface area (Å²) >= 11 is 0. The predicted octanol–water partition coefficient (Wildman–Crippen LogP) is 6.09. The molecule has 0 heterocycles. The molecule has 186 valence electrons. The maximum Gasteiger partial charge on any atom is 0.302 e. The summed E-state index contributed by atoms with van der Waals surface area (Å²) < 4.78 is 10.1. The molecule has 0 radical (unpaired) electrons. The predicted molar refractivity (Wildman–Crippen MR) is 135 cm³/mol. The minimum atomic E-state index is -0.339. The lowest BCUT2D eigenvalue weighted by molar-refractivity contribution is -0.138. The number of hydrogen-bond acceptors (Lipinski definition) is 5. The van der Waals surface area contributed by atoms with Crippen molar-refractivity contribution in [2.24, 2.45) is 5.73 Å². The van der Waals surface area contributed by atoms with Gasteiger partial charge in [0.15, 0.2) is 0 Å². The summed E-state index contributed by atoms with van der Waals surface area (Å²) in [6.45, 7) is 9.36. The van der Waals surface area contributed by atoms with Crippen LogP contribution in [-0.4, -0.2) is 31.2 Å². The van der Waals surface area contributed by atoms with Crippen LogP contribution in [-0.2, 0) is 19.1 Å². The Labute approximate surface area is 201 Å². The second-order valence-corrected chi connectivity index (χ2v) is 7.07. The second kappa shape index (κ2) is 22.5. The van der Waals surface area contributed by atoms with Gasteiger partial charge in [-0.15, -0.1) is 0 Å². The van der Waals surface area contributed by atoms with Crippen LogP contribution >= 0.6 is 0 Å². The molecule has 0 aliphatic heterocycles. The van der Waals surface area contributed by atoms with E-state index in [2.05, 4.69) is 16.9 Å². The minimum Gasteiger partial charge on any atom is -0.469 e. The molecule has 2 rings (SSSR count). The van der Waals surface area contributed by atoms with Crippen molar-refractivity contribution >= 4 is 11.9 Å². The molecule has 6 heteroatoms. The number of esters is 1. The fraction of sp³-hybridized carbons (Fsp3) is 0.593. The number of hydrogen-bond donors (Lipinski definition) is 1. The lowest BCUT2D eigenvalue weighted by Gasteiger charge is -2.21. The Balaban J connectivity index is 0. The molecule has 0 saturated heterocycles. The highest BCUT2D eigenvalue weighted by molar-refractivity contribution is 5.74. The Morgan fingerprint density at radius 1 is 1.21 bits per heavy atom. The monoisotopic (exact) mass is 460 g/mol. The molecule has 2 aliphatic carbocycles. The molecular formula is C27H44N2O4. The molecule has 0 fully saturated rings. The van der Waals surface area contributed by atoms with Crippen LogP contribution in [0, 0.1) is 11.3 Å². The van der Waals surface area contributed by atoms with Crippen molar-refractivity contribution in [3.05, 3.63) is 47.6 Å². The van der Waals surface area contributed by atoms with Gasteiger partial charge in [-0.2, -0.15) is 5.26 Å². The summed E-state index contributed by atoms with van der Waals surface area (Å²) in [5.41, 5.74) is 7.50. The van der Waals surface area contributed by atoms with E-state index in [1.165, 1.54) is 45.3 Å². The molecule has 33 heavy (non-hydrogen) atoms. The molecule has 2 N–H and O–H groups in total. The number of nitriles is 1. The summed E-state index contributed by atoms with van der Waals surface area (Å²) in [5, 5.41) is 8.93. The number of ether oxygens (including phenoxy) is 2. The highest BCUT2D eigenvalue weighted by atomic mass is 16.5. The zero-order valence-electron chi connectivity index (χ0n) is 21.4. The van der Waals surface area contributed by atoms with Crippen molar-refractivity contribution in [2.75, 3.05) is 7.11 Å². The first kappa shape index (κ1) is 32.5. The Kier molecular flexibility index (Phi) is 22.2. The van der Waals surface area contributed by atoms with Gasteiger partial charge >= 0.3 is 5.97 Å². The number of rotatable bonds is 8. The first-order valence-corrected chi connectivity index (χ1v) is 12.1. The highest BCUT2D eigenvalue weighted by Gasteiger charge is 2.17. The van der Waals surface area contributed by atoms with Gasteiger partial charge in [0.05, 0.1) is 37.4 Å². The number of nitrogens with zero attached hydrogens (tertiary/aromatic N) is 1. The van der Waals surface area contributed by atoms with E-state index >= 15 is 0 Å². The molecule has 0 bridgehead atoms. The maximum absolute atomic E-state index is 11.3. The molecular weight excluding hydrogens is 416 g/mol. The van der Waals surface area contributed by atoms with Crippen LogP contribution in [0.15, 0.2) is 47.6 Å². The van der Waals surface area contributed by atoms with Gasteiger partial charge in [0.2, 0.25) is 5.91 Å². The molecule has 0 aromatic rings. The first-order valence-electron chi connectivity index (χ1n) is 12.1. The van der Waals surface area contributed by atoms with Crippen LogP contribution < -0.4 is 5.73 Å². The molecule has 2 atom stereocenters. The van der Waals surface area contributed by atoms with Crippen molar-refractivity contribution in [3.63, 3.8) is 0 Å². The summed E-state index contributed by atoms with van der Waals surface area (Å²) in [4.78, 5) is 20.9. The van der Waals surface area contributed by atoms with Crippen LogP contribution in [0.25, 0.3) is 0 Å². The van der Waals surface area contributed by atoms with Crippen molar-refractivity contribution in [1.29, 1.82) is 5.26 Å². The molecule has 0 aromatic heterocycles. The van der Waals surface area contributed by atoms with E-state index in [4.69, 9.17) is 15.7 Å².